The Balaban J connectivity index is 1.54. The first kappa shape index (κ1) is 19.7. The van der Waals surface area contributed by atoms with Crippen LogP contribution in [0.5, 0.6) is 5.75 Å². The summed E-state index contributed by atoms with van der Waals surface area (Å²) in [6.07, 6.45) is 5.14. The molecular formula is C24H27BrFNO. The number of aryl methyl sites for hydroxylation is 1. The number of hydrogen-bond donors (Lipinski definition) is 0. The molecule has 1 heterocycles. The molecule has 0 N–H and O–H groups in total. The lowest BCUT2D eigenvalue weighted by Gasteiger charge is -2.18. The molecule has 4 heteroatoms. The van der Waals surface area contributed by atoms with Gasteiger partial charge in [-0.25, -0.2) is 0 Å². The maximum atomic E-state index is 12.4. The highest BCUT2D eigenvalue weighted by Crippen LogP contribution is 2.38. The molecule has 1 atom stereocenters. The molecule has 1 aliphatic carbocycles. The molecule has 0 spiro atoms. The van der Waals surface area contributed by atoms with E-state index < -0.39 is 0 Å². The maximum absolute atomic E-state index is 12.4. The van der Waals surface area contributed by atoms with Crippen molar-refractivity contribution in [3.8, 4) is 5.75 Å². The van der Waals surface area contributed by atoms with Gasteiger partial charge in [-0.2, -0.15) is 0 Å². The van der Waals surface area contributed by atoms with Gasteiger partial charge in [0.15, 0.2) is 0 Å². The molecule has 4 rings (SSSR count). The molecule has 1 fully saturated rings. The number of fused-ring (bicyclic) bond motifs is 1. The van der Waals surface area contributed by atoms with E-state index in [1.54, 1.807) is 0 Å². The fraction of sp³-hybridized carbons (Fsp3) is 0.417. The number of hydrogen-bond acceptors (Lipinski definition) is 2. The van der Waals surface area contributed by atoms with E-state index in [9.17, 15) is 4.39 Å². The van der Waals surface area contributed by atoms with Gasteiger partial charge in [-0.15, -0.1) is 0 Å². The molecule has 2 nitrogen and oxygen atoms in total. The van der Waals surface area contributed by atoms with Crippen LogP contribution in [-0.4, -0.2) is 37.3 Å². The van der Waals surface area contributed by atoms with E-state index in [2.05, 4.69) is 63.3 Å². The lowest BCUT2D eigenvalue weighted by molar-refractivity contribution is 0.198. The molecular weight excluding hydrogens is 417 g/mol. The van der Waals surface area contributed by atoms with E-state index in [0.717, 1.165) is 51.1 Å². The number of benzene rings is 2. The normalized spacial score (nSPS) is 20.1. The van der Waals surface area contributed by atoms with Crippen LogP contribution < -0.4 is 4.74 Å². The van der Waals surface area contributed by atoms with Crippen molar-refractivity contribution in [3.63, 3.8) is 0 Å². The minimum Gasteiger partial charge on any atom is -0.489 e. The second-order valence-electron chi connectivity index (χ2n) is 7.69. The van der Waals surface area contributed by atoms with E-state index >= 15 is 0 Å². The van der Waals surface area contributed by atoms with Gasteiger partial charge >= 0.3 is 0 Å². The Hall–Kier alpha value is -1.65. The van der Waals surface area contributed by atoms with E-state index in [1.165, 1.54) is 26.7 Å². The second kappa shape index (κ2) is 9.23. The molecule has 2 aromatic rings. The van der Waals surface area contributed by atoms with Crippen LogP contribution in [0.1, 0.15) is 42.4 Å². The molecule has 0 unspecified atom stereocenters. The molecule has 2 aromatic carbocycles. The van der Waals surface area contributed by atoms with Crippen LogP contribution >= 0.6 is 15.9 Å². The van der Waals surface area contributed by atoms with Crippen LogP contribution in [0.3, 0.4) is 0 Å². The van der Waals surface area contributed by atoms with E-state index in [0.29, 0.717) is 6.42 Å². The van der Waals surface area contributed by atoms with Gasteiger partial charge in [-0.3, -0.25) is 9.29 Å². The molecule has 0 amide bonds. The summed E-state index contributed by atoms with van der Waals surface area (Å²) in [4.78, 5) is 2.30. The number of rotatable bonds is 6. The van der Waals surface area contributed by atoms with Gasteiger partial charge < -0.3 is 4.74 Å². The zero-order valence-corrected chi connectivity index (χ0v) is 17.8. The quantitative estimate of drug-likeness (QED) is 0.543. The smallest absolute Gasteiger partial charge is 0.120 e. The third-order valence-electron chi connectivity index (χ3n) is 5.66. The van der Waals surface area contributed by atoms with Crippen molar-refractivity contribution in [2.45, 2.75) is 38.2 Å². The van der Waals surface area contributed by atoms with Crippen molar-refractivity contribution < 1.29 is 9.13 Å². The van der Waals surface area contributed by atoms with Crippen LogP contribution in [0.2, 0.25) is 0 Å². The summed E-state index contributed by atoms with van der Waals surface area (Å²) < 4.78 is 20.0. The van der Waals surface area contributed by atoms with Crippen molar-refractivity contribution >= 4 is 21.5 Å². The first-order valence-electron chi connectivity index (χ1n) is 10.3. The number of alkyl halides is 1. The Morgan fingerprint density at radius 3 is 2.89 bits per heavy atom. The van der Waals surface area contributed by atoms with Crippen LogP contribution in [-0.2, 0) is 6.42 Å². The molecule has 1 aliphatic heterocycles. The summed E-state index contributed by atoms with van der Waals surface area (Å²) in [5.41, 5.74) is 5.22. The lowest BCUT2D eigenvalue weighted by atomic mass is 9.94. The van der Waals surface area contributed by atoms with Crippen molar-refractivity contribution in [3.05, 3.63) is 69.7 Å². The van der Waals surface area contributed by atoms with Gasteiger partial charge in [-0.1, -0.05) is 52.3 Å². The van der Waals surface area contributed by atoms with Crippen molar-refractivity contribution in [1.29, 1.82) is 0 Å². The zero-order chi connectivity index (χ0) is 19.3. The summed E-state index contributed by atoms with van der Waals surface area (Å²) in [5, 5.41) is 0. The Kier molecular flexibility index (Phi) is 6.48. The highest BCUT2D eigenvalue weighted by atomic mass is 79.9. The van der Waals surface area contributed by atoms with Crippen molar-refractivity contribution in [2.75, 3.05) is 26.3 Å². The van der Waals surface area contributed by atoms with Gasteiger partial charge in [-0.05, 0) is 66.5 Å². The van der Waals surface area contributed by atoms with Gasteiger partial charge in [0, 0.05) is 24.1 Å². The SMILES string of the molecule is FCCCN1CC[C@@H](Oc2cccc(C3=C(Br)CCCc4ccccc43)c2)C1. The van der Waals surface area contributed by atoms with Gasteiger partial charge in [0.2, 0.25) is 0 Å². The van der Waals surface area contributed by atoms with E-state index in [-0.39, 0.29) is 12.8 Å². The molecule has 1 saturated heterocycles. The summed E-state index contributed by atoms with van der Waals surface area (Å²) in [6, 6.07) is 17.2. The van der Waals surface area contributed by atoms with Gasteiger partial charge in [0.25, 0.3) is 0 Å². The largest absolute Gasteiger partial charge is 0.489 e. The number of nitrogens with zero attached hydrogens (tertiary/aromatic N) is 1. The fourth-order valence-corrected chi connectivity index (χ4v) is 5.02. The van der Waals surface area contributed by atoms with Gasteiger partial charge in [0.1, 0.15) is 11.9 Å². The zero-order valence-electron chi connectivity index (χ0n) is 16.2. The molecule has 0 radical (unpaired) electrons. The minimum atomic E-state index is -0.241. The summed E-state index contributed by atoms with van der Waals surface area (Å²) in [5.74, 6) is 0.921. The Labute approximate surface area is 175 Å². The first-order chi connectivity index (χ1) is 13.7. The van der Waals surface area contributed by atoms with E-state index in [1.807, 2.05) is 6.07 Å². The maximum Gasteiger partial charge on any atom is 0.120 e. The Morgan fingerprint density at radius 1 is 1.11 bits per heavy atom. The van der Waals surface area contributed by atoms with E-state index in [4.69, 9.17) is 4.74 Å². The average Bonchev–Trinajstić information content (AvgIpc) is 3.07. The molecule has 0 saturated carbocycles. The Morgan fingerprint density at radius 2 is 2.00 bits per heavy atom. The first-order valence-corrected chi connectivity index (χ1v) is 11.1. The van der Waals surface area contributed by atoms with Crippen molar-refractivity contribution in [2.24, 2.45) is 0 Å². The standard InChI is InChI=1S/C24H27BrFNO/c25-23-11-4-7-18-6-1-2-10-22(18)24(23)19-8-3-9-20(16-19)28-21-12-15-27(17-21)14-5-13-26/h1-3,6,8-10,16,21H,4-5,7,11-15,17H2/t21-/m1/s1. The predicted molar refractivity (Wildman–Crippen MR) is 117 cm³/mol. The number of halogens is 2. The highest BCUT2D eigenvalue weighted by Gasteiger charge is 2.24. The summed E-state index contributed by atoms with van der Waals surface area (Å²) >= 11 is 3.86. The monoisotopic (exact) mass is 443 g/mol. The Bertz CT molecular complexity index is 850. The van der Waals surface area contributed by atoms with Crippen LogP contribution in [0.25, 0.3) is 5.57 Å². The predicted octanol–water partition coefficient (Wildman–Crippen LogP) is 5.99. The average molecular weight is 444 g/mol. The summed E-state index contributed by atoms with van der Waals surface area (Å²) in [6.45, 7) is 2.47. The minimum absolute atomic E-state index is 0.189. The van der Waals surface area contributed by atoms with Crippen LogP contribution in [0, 0.1) is 0 Å². The van der Waals surface area contributed by atoms with Gasteiger partial charge in [0.05, 0.1) is 6.67 Å². The number of allylic oxidation sites excluding steroid dienone is 1. The number of likely N-dealkylation sites (tertiary alicyclic amines) is 1. The third-order valence-corrected chi connectivity index (χ3v) is 6.46. The third kappa shape index (κ3) is 4.49. The molecule has 28 heavy (non-hydrogen) atoms. The lowest BCUT2D eigenvalue weighted by Crippen LogP contribution is -2.26. The topological polar surface area (TPSA) is 12.5 Å². The fourth-order valence-electron chi connectivity index (χ4n) is 4.30. The van der Waals surface area contributed by atoms with Crippen LogP contribution in [0.15, 0.2) is 53.0 Å². The molecule has 2 aliphatic rings. The van der Waals surface area contributed by atoms with Crippen LogP contribution in [0.4, 0.5) is 4.39 Å². The van der Waals surface area contributed by atoms with Crippen molar-refractivity contribution in [1.82, 2.24) is 4.90 Å². The summed E-state index contributed by atoms with van der Waals surface area (Å²) in [7, 11) is 0. The second-order valence-corrected chi connectivity index (χ2v) is 8.65. The number of ether oxygens (including phenoxy) is 1. The molecule has 148 valence electrons. The molecule has 0 bridgehead atoms. The highest BCUT2D eigenvalue weighted by molar-refractivity contribution is 9.11. The molecule has 0 aromatic heterocycles.